The summed E-state index contributed by atoms with van der Waals surface area (Å²) in [6.07, 6.45) is 0. The molecule has 3 heteroatoms. The molecular formula is C20H17BO2. The Hall–Kier alpha value is -2.81. The van der Waals surface area contributed by atoms with Gasteiger partial charge in [0, 0.05) is 0 Å². The molecule has 0 bridgehead atoms. The number of benzene rings is 3. The van der Waals surface area contributed by atoms with Gasteiger partial charge in [0.25, 0.3) is 5.87 Å². The first-order valence-corrected chi connectivity index (χ1v) is 7.65. The Morgan fingerprint density at radius 3 is 1.61 bits per heavy atom. The van der Waals surface area contributed by atoms with Crippen LogP contribution in [0, 0.1) is 0 Å². The van der Waals surface area contributed by atoms with Gasteiger partial charge >= 0.3 is 6.71 Å². The molecule has 0 unspecified atom stereocenters. The highest BCUT2D eigenvalue weighted by Gasteiger charge is 2.29. The predicted molar refractivity (Wildman–Crippen MR) is 94.5 cm³/mol. The number of hydrogen-bond donors (Lipinski definition) is 0. The highest BCUT2D eigenvalue weighted by atomic mass is 16.5. The molecule has 0 aromatic heterocycles. The Labute approximate surface area is 136 Å². The maximum Gasteiger partial charge on any atom is 0.343 e. The van der Waals surface area contributed by atoms with Crippen LogP contribution in [-0.4, -0.2) is 12.6 Å². The van der Waals surface area contributed by atoms with Crippen LogP contribution in [0.5, 0.6) is 0 Å². The Balaban J connectivity index is 1.82. The SMILES string of the molecule is O=C(OCc1ccccc1)B(c1ccccc1)c1ccccc1. The number of hydrogen-bond acceptors (Lipinski definition) is 2. The van der Waals surface area contributed by atoms with Gasteiger partial charge in [-0.15, -0.1) is 0 Å². The molecule has 0 heterocycles. The fourth-order valence-electron chi connectivity index (χ4n) is 2.57. The lowest BCUT2D eigenvalue weighted by Crippen LogP contribution is -2.49. The van der Waals surface area contributed by atoms with Crippen molar-refractivity contribution < 1.29 is 9.53 Å². The zero-order chi connectivity index (χ0) is 15.9. The Bertz CT molecular complexity index is 703. The molecule has 23 heavy (non-hydrogen) atoms. The van der Waals surface area contributed by atoms with Crippen molar-refractivity contribution >= 4 is 23.5 Å². The minimum atomic E-state index is -0.402. The van der Waals surface area contributed by atoms with Crippen LogP contribution in [0.2, 0.25) is 0 Å². The lowest BCUT2D eigenvalue weighted by Gasteiger charge is -2.14. The monoisotopic (exact) mass is 300 g/mol. The van der Waals surface area contributed by atoms with E-state index in [1.807, 2.05) is 91.0 Å². The summed E-state index contributed by atoms with van der Waals surface area (Å²) in [5, 5.41) is 0. The molecule has 3 aromatic carbocycles. The standard InChI is InChI=1S/C20H17BO2/c22-20(23-16-17-10-4-1-5-11-17)21(18-12-6-2-7-13-18)19-14-8-3-9-15-19/h1-15H,16H2. The zero-order valence-electron chi connectivity index (χ0n) is 12.8. The highest BCUT2D eigenvalue weighted by molar-refractivity contribution is 7.07. The topological polar surface area (TPSA) is 26.3 Å². The van der Waals surface area contributed by atoms with Gasteiger partial charge in [0.2, 0.25) is 0 Å². The van der Waals surface area contributed by atoms with Gasteiger partial charge in [0.15, 0.2) is 0 Å². The average molecular weight is 300 g/mol. The van der Waals surface area contributed by atoms with Crippen molar-refractivity contribution in [2.24, 2.45) is 0 Å². The Kier molecular flexibility index (Phi) is 4.90. The molecule has 0 atom stereocenters. The molecular weight excluding hydrogens is 283 g/mol. The molecule has 0 aliphatic heterocycles. The molecule has 3 aromatic rings. The molecule has 0 aliphatic rings. The van der Waals surface area contributed by atoms with Crippen molar-refractivity contribution in [3.05, 3.63) is 96.6 Å². The lowest BCUT2D eigenvalue weighted by molar-refractivity contribution is 0.166. The van der Waals surface area contributed by atoms with Crippen LogP contribution in [-0.2, 0) is 11.3 Å². The van der Waals surface area contributed by atoms with Crippen LogP contribution in [0.1, 0.15) is 5.56 Å². The van der Waals surface area contributed by atoms with Gasteiger partial charge in [-0.05, 0) is 5.56 Å². The van der Waals surface area contributed by atoms with Crippen molar-refractivity contribution in [1.82, 2.24) is 0 Å². The summed E-state index contributed by atoms with van der Waals surface area (Å²) in [5.74, 6) is -0.230. The maximum atomic E-state index is 12.7. The smallest absolute Gasteiger partial charge is 0.343 e. The van der Waals surface area contributed by atoms with Gasteiger partial charge in [-0.25, -0.2) is 0 Å². The Morgan fingerprint density at radius 1 is 0.696 bits per heavy atom. The molecule has 2 nitrogen and oxygen atoms in total. The molecule has 112 valence electrons. The van der Waals surface area contributed by atoms with E-state index in [9.17, 15) is 4.79 Å². The minimum absolute atomic E-state index is 0.230. The van der Waals surface area contributed by atoms with Crippen LogP contribution in [0.15, 0.2) is 91.0 Å². The van der Waals surface area contributed by atoms with Crippen molar-refractivity contribution in [3.8, 4) is 0 Å². The normalized spacial score (nSPS) is 10.1. The van der Waals surface area contributed by atoms with Crippen LogP contribution < -0.4 is 10.9 Å². The van der Waals surface area contributed by atoms with Crippen molar-refractivity contribution in [2.45, 2.75) is 6.61 Å². The number of carbonyl (C=O) groups excluding carboxylic acids is 1. The van der Waals surface area contributed by atoms with E-state index >= 15 is 0 Å². The van der Waals surface area contributed by atoms with E-state index in [2.05, 4.69) is 0 Å². The second-order valence-electron chi connectivity index (χ2n) is 5.35. The third kappa shape index (κ3) is 3.89. The summed E-state index contributed by atoms with van der Waals surface area (Å²) >= 11 is 0. The first-order chi connectivity index (χ1) is 11.3. The second-order valence-corrected chi connectivity index (χ2v) is 5.35. The van der Waals surface area contributed by atoms with Crippen LogP contribution in [0.4, 0.5) is 4.79 Å². The molecule has 0 radical (unpaired) electrons. The van der Waals surface area contributed by atoms with Gasteiger partial charge in [-0.3, -0.25) is 4.79 Å². The second kappa shape index (κ2) is 7.46. The maximum absolute atomic E-state index is 12.7. The quantitative estimate of drug-likeness (QED) is 0.676. The summed E-state index contributed by atoms with van der Waals surface area (Å²) in [7, 11) is 0. The molecule has 0 fully saturated rings. The Morgan fingerprint density at radius 2 is 1.13 bits per heavy atom. The van der Waals surface area contributed by atoms with Crippen molar-refractivity contribution in [3.63, 3.8) is 0 Å². The number of carbonyl (C=O) groups is 1. The molecule has 0 amide bonds. The fraction of sp³-hybridized carbons (Fsp3) is 0.0500. The first-order valence-electron chi connectivity index (χ1n) is 7.65. The first kappa shape index (κ1) is 15.1. The van der Waals surface area contributed by atoms with Gasteiger partial charge in [0.1, 0.15) is 6.61 Å². The van der Waals surface area contributed by atoms with E-state index < -0.39 is 6.71 Å². The predicted octanol–water partition coefficient (Wildman–Crippen LogP) is 3.21. The molecule has 0 saturated heterocycles. The van der Waals surface area contributed by atoms with E-state index in [0.717, 1.165) is 16.5 Å². The number of ether oxygens (including phenoxy) is 1. The average Bonchev–Trinajstić information content (AvgIpc) is 2.63. The van der Waals surface area contributed by atoms with E-state index in [-0.39, 0.29) is 12.5 Å². The molecule has 0 N–H and O–H groups in total. The van der Waals surface area contributed by atoms with Crippen molar-refractivity contribution in [1.29, 1.82) is 0 Å². The zero-order valence-corrected chi connectivity index (χ0v) is 12.8. The summed E-state index contributed by atoms with van der Waals surface area (Å²) in [6.45, 7) is -0.114. The van der Waals surface area contributed by atoms with E-state index in [1.165, 1.54) is 0 Å². The molecule has 0 saturated carbocycles. The van der Waals surface area contributed by atoms with Crippen molar-refractivity contribution in [2.75, 3.05) is 0 Å². The summed E-state index contributed by atoms with van der Waals surface area (Å²) in [6, 6.07) is 29.2. The van der Waals surface area contributed by atoms with Crippen LogP contribution in [0.3, 0.4) is 0 Å². The molecule has 0 spiro atoms. The van der Waals surface area contributed by atoms with Gasteiger partial charge in [0.05, 0.1) is 0 Å². The van der Waals surface area contributed by atoms with Crippen LogP contribution in [0.25, 0.3) is 0 Å². The lowest BCUT2D eigenvalue weighted by atomic mass is 9.40. The van der Waals surface area contributed by atoms with Gasteiger partial charge < -0.3 is 4.74 Å². The minimum Gasteiger partial charge on any atom is -0.468 e. The van der Waals surface area contributed by atoms with E-state index in [0.29, 0.717) is 0 Å². The number of rotatable bonds is 5. The van der Waals surface area contributed by atoms with Crippen LogP contribution >= 0.6 is 0 Å². The third-order valence-corrected chi connectivity index (χ3v) is 3.73. The third-order valence-electron chi connectivity index (χ3n) is 3.73. The largest absolute Gasteiger partial charge is 0.468 e. The molecule has 0 aliphatic carbocycles. The summed E-state index contributed by atoms with van der Waals surface area (Å²) in [4.78, 5) is 12.7. The van der Waals surface area contributed by atoms with Gasteiger partial charge in [-0.1, -0.05) is 102 Å². The summed E-state index contributed by atoms with van der Waals surface area (Å²) < 4.78 is 5.56. The van der Waals surface area contributed by atoms with E-state index in [4.69, 9.17) is 4.74 Å². The van der Waals surface area contributed by atoms with Gasteiger partial charge in [-0.2, -0.15) is 0 Å². The summed E-state index contributed by atoms with van der Waals surface area (Å²) in [5.41, 5.74) is 2.87. The fourth-order valence-corrected chi connectivity index (χ4v) is 2.57. The molecule has 3 rings (SSSR count). The highest BCUT2D eigenvalue weighted by Crippen LogP contribution is 2.03. The van der Waals surface area contributed by atoms with E-state index in [1.54, 1.807) is 0 Å².